The number of methoxy groups -OCH3 is 1. The highest BCUT2D eigenvalue weighted by Gasteiger charge is 2.11. The predicted octanol–water partition coefficient (Wildman–Crippen LogP) is 3.52. The van der Waals surface area contributed by atoms with Gasteiger partial charge in [-0.15, -0.1) is 0 Å². The Morgan fingerprint density at radius 1 is 0.957 bits per heavy atom. The van der Waals surface area contributed by atoms with Gasteiger partial charge in [-0.3, -0.25) is 9.59 Å². The van der Waals surface area contributed by atoms with Crippen molar-refractivity contribution in [2.45, 2.75) is 20.8 Å². The minimum atomic E-state index is -0.235. The molecule has 0 saturated carbocycles. The van der Waals surface area contributed by atoms with Crippen LogP contribution in [0, 0.1) is 13.8 Å². The third-order valence-corrected chi connectivity index (χ3v) is 3.53. The molecule has 5 heteroatoms. The molecule has 0 aliphatic heterocycles. The van der Waals surface area contributed by atoms with E-state index in [9.17, 15) is 9.59 Å². The van der Waals surface area contributed by atoms with Crippen molar-refractivity contribution in [1.82, 2.24) is 0 Å². The van der Waals surface area contributed by atoms with Gasteiger partial charge >= 0.3 is 0 Å². The Morgan fingerprint density at radius 3 is 2.13 bits per heavy atom. The minimum absolute atomic E-state index is 0.151. The zero-order valence-corrected chi connectivity index (χ0v) is 13.7. The molecule has 0 heterocycles. The summed E-state index contributed by atoms with van der Waals surface area (Å²) < 4.78 is 5.32. The van der Waals surface area contributed by atoms with Gasteiger partial charge in [0.15, 0.2) is 0 Å². The summed E-state index contributed by atoms with van der Waals surface area (Å²) in [4.78, 5) is 23.4. The second kappa shape index (κ2) is 6.96. The van der Waals surface area contributed by atoms with E-state index in [1.807, 2.05) is 26.0 Å². The lowest BCUT2D eigenvalue weighted by Crippen LogP contribution is -2.13. The smallest absolute Gasteiger partial charge is 0.255 e. The van der Waals surface area contributed by atoms with Crippen molar-refractivity contribution < 1.29 is 14.3 Å². The van der Waals surface area contributed by atoms with E-state index in [0.29, 0.717) is 22.7 Å². The third-order valence-electron chi connectivity index (χ3n) is 3.53. The second-order valence-electron chi connectivity index (χ2n) is 5.35. The molecule has 0 unspecified atom stereocenters. The molecule has 120 valence electrons. The van der Waals surface area contributed by atoms with Crippen molar-refractivity contribution in [1.29, 1.82) is 0 Å². The Hall–Kier alpha value is -2.82. The standard InChI is InChI=1S/C18H20N2O3/c1-11-9-16(17(23-4)10-12(11)2)20-18(22)14-5-7-15(8-6-14)19-13(3)21/h5-10H,1-4H3,(H,19,21)(H,20,22). The molecule has 23 heavy (non-hydrogen) atoms. The molecule has 0 atom stereocenters. The van der Waals surface area contributed by atoms with Crippen LogP contribution in [-0.2, 0) is 4.79 Å². The van der Waals surface area contributed by atoms with Crippen molar-refractivity contribution in [3.05, 3.63) is 53.1 Å². The number of anilines is 2. The number of hydrogen-bond donors (Lipinski definition) is 2. The average molecular weight is 312 g/mol. The van der Waals surface area contributed by atoms with Gasteiger partial charge < -0.3 is 15.4 Å². The maximum Gasteiger partial charge on any atom is 0.255 e. The number of carbonyl (C=O) groups excluding carboxylic acids is 2. The molecule has 0 aromatic heterocycles. The van der Waals surface area contributed by atoms with Crippen LogP contribution in [0.1, 0.15) is 28.4 Å². The molecule has 0 bridgehead atoms. The largest absolute Gasteiger partial charge is 0.495 e. The first kappa shape index (κ1) is 16.5. The molecular formula is C18H20N2O3. The first-order chi connectivity index (χ1) is 10.9. The van der Waals surface area contributed by atoms with Crippen LogP contribution in [0.3, 0.4) is 0 Å². The third kappa shape index (κ3) is 4.10. The molecule has 5 nitrogen and oxygen atoms in total. The van der Waals surface area contributed by atoms with Crippen LogP contribution >= 0.6 is 0 Å². The van der Waals surface area contributed by atoms with E-state index in [1.165, 1.54) is 6.92 Å². The Morgan fingerprint density at radius 2 is 1.57 bits per heavy atom. The van der Waals surface area contributed by atoms with E-state index in [-0.39, 0.29) is 11.8 Å². The first-order valence-corrected chi connectivity index (χ1v) is 7.25. The Kier molecular flexibility index (Phi) is 5.01. The molecule has 2 amide bonds. The van der Waals surface area contributed by atoms with Crippen LogP contribution in [0.2, 0.25) is 0 Å². The lowest BCUT2D eigenvalue weighted by Gasteiger charge is -2.13. The molecular weight excluding hydrogens is 292 g/mol. The van der Waals surface area contributed by atoms with Crippen molar-refractivity contribution in [3.63, 3.8) is 0 Å². The first-order valence-electron chi connectivity index (χ1n) is 7.25. The van der Waals surface area contributed by atoms with Gasteiger partial charge in [-0.05, 0) is 61.4 Å². The van der Waals surface area contributed by atoms with E-state index in [4.69, 9.17) is 4.74 Å². The average Bonchev–Trinajstić information content (AvgIpc) is 2.50. The molecule has 0 aliphatic carbocycles. The van der Waals surface area contributed by atoms with Gasteiger partial charge in [0.1, 0.15) is 5.75 Å². The molecule has 2 aromatic carbocycles. The highest BCUT2D eigenvalue weighted by molar-refractivity contribution is 6.05. The van der Waals surface area contributed by atoms with Crippen molar-refractivity contribution >= 4 is 23.2 Å². The van der Waals surface area contributed by atoms with Gasteiger partial charge in [0, 0.05) is 18.2 Å². The summed E-state index contributed by atoms with van der Waals surface area (Å²) >= 11 is 0. The van der Waals surface area contributed by atoms with Crippen LogP contribution in [-0.4, -0.2) is 18.9 Å². The zero-order chi connectivity index (χ0) is 17.0. The van der Waals surface area contributed by atoms with Crippen LogP contribution < -0.4 is 15.4 Å². The number of rotatable bonds is 4. The number of hydrogen-bond acceptors (Lipinski definition) is 3. The molecule has 0 aliphatic rings. The highest BCUT2D eigenvalue weighted by Crippen LogP contribution is 2.28. The van der Waals surface area contributed by atoms with E-state index < -0.39 is 0 Å². The summed E-state index contributed by atoms with van der Waals surface area (Å²) in [5.41, 5.74) is 3.95. The van der Waals surface area contributed by atoms with Gasteiger partial charge in [0.2, 0.25) is 5.91 Å². The van der Waals surface area contributed by atoms with Crippen molar-refractivity contribution in [3.8, 4) is 5.75 Å². The maximum atomic E-state index is 12.4. The van der Waals surface area contributed by atoms with E-state index >= 15 is 0 Å². The minimum Gasteiger partial charge on any atom is -0.495 e. The summed E-state index contributed by atoms with van der Waals surface area (Å²) in [6, 6.07) is 10.5. The maximum absolute atomic E-state index is 12.4. The Labute approximate surface area is 135 Å². The number of carbonyl (C=O) groups is 2. The number of amides is 2. The molecule has 0 radical (unpaired) electrons. The van der Waals surface area contributed by atoms with Crippen LogP contribution in [0.4, 0.5) is 11.4 Å². The fourth-order valence-electron chi connectivity index (χ4n) is 2.16. The molecule has 2 aromatic rings. The lowest BCUT2D eigenvalue weighted by atomic mass is 10.1. The monoisotopic (exact) mass is 312 g/mol. The summed E-state index contributed by atoms with van der Waals surface area (Å²) in [5.74, 6) is 0.235. The molecule has 2 N–H and O–H groups in total. The number of aryl methyl sites for hydroxylation is 2. The summed E-state index contributed by atoms with van der Waals surface area (Å²) in [6.07, 6.45) is 0. The quantitative estimate of drug-likeness (QED) is 0.907. The molecule has 0 saturated heterocycles. The summed E-state index contributed by atoms with van der Waals surface area (Å²) in [7, 11) is 1.57. The van der Waals surface area contributed by atoms with Crippen molar-refractivity contribution in [2.75, 3.05) is 17.7 Å². The highest BCUT2D eigenvalue weighted by atomic mass is 16.5. The summed E-state index contributed by atoms with van der Waals surface area (Å²) in [6.45, 7) is 5.41. The SMILES string of the molecule is COc1cc(C)c(C)cc1NC(=O)c1ccc(NC(C)=O)cc1. The summed E-state index contributed by atoms with van der Waals surface area (Å²) in [5, 5.41) is 5.52. The topological polar surface area (TPSA) is 67.4 Å². The van der Waals surface area contributed by atoms with Crippen LogP contribution in [0.5, 0.6) is 5.75 Å². The fraction of sp³-hybridized carbons (Fsp3) is 0.222. The predicted molar refractivity (Wildman–Crippen MR) is 91.2 cm³/mol. The van der Waals surface area contributed by atoms with Crippen molar-refractivity contribution in [2.24, 2.45) is 0 Å². The van der Waals surface area contributed by atoms with E-state index in [2.05, 4.69) is 10.6 Å². The van der Waals surface area contributed by atoms with Gasteiger partial charge in [-0.25, -0.2) is 0 Å². The van der Waals surface area contributed by atoms with Gasteiger partial charge in [-0.1, -0.05) is 0 Å². The molecule has 2 rings (SSSR count). The lowest BCUT2D eigenvalue weighted by molar-refractivity contribution is -0.114. The van der Waals surface area contributed by atoms with E-state index in [0.717, 1.165) is 11.1 Å². The number of ether oxygens (including phenoxy) is 1. The second-order valence-corrected chi connectivity index (χ2v) is 5.35. The van der Waals surface area contributed by atoms with Gasteiger partial charge in [0.05, 0.1) is 12.8 Å². The zero-order valence-electron chi connectivity index (χ0n) is 13.7. The number of benzene rings is 2. The fourth-order valence-corrected chi connectivity index (χ4v) is 2.16. The van der Waals surface area contributed by atoms with Crippen LogP contribution in [0.15, 0.2) is 36.4 Å². The normalized spacial score (nSPS) is 10.1. The molecule has 0 fully saturated rings. The van der Waals surface area contributed by atoms with Crippen LogP contribution in [0.25, 0.3) is 0 Å². The molecule has 0 spiro atoms. The van der Waals surface area contributed by atoms with Gasteiger partial charge in [0.25, 0.3) is 5.91 Å². The Balaban J connectivity index is 2.19. The van der Waals surface area contributed by atoms with E-state index in [1.54, 1.807) is 31.4 Å². The van der Waals surface area contributed by atoms with Gasteiger partial charge in [-0.2, -0.15) is 0 Å². The Bertz CT molecular complexity index is 737. The number of nitrogens with one attached hydrogen (secondary N) is 2.